The number of benzene rings is 1. The Morgan fingerprint density at radius 2 is 1.88 bits per heavy atom. The molecule has 1 heterocycles. The van der Waals surface area contributed by atoms with Crippen LogP contribution in [0, 0.1) is 5.92 Å². The topological polar surface area (TPSA) is 24.5 Å². The fourth-order valence-electron chi connectivity index (χ4n) is 3.55. The van der Waals surface area contributed by atoms with E-state index in [9.17, 15) is 13.2 Å². The van der Waals surface area contributed by atoms with Gasteiger partial charge in [0.25, 0.3) is 0 Å². The van der Waals surface area contributed by atoms with Crippen LogP contribution in [0.3, 0.4) is 0 Å². The van der Waals surface area contributed by atoms with Gasteiger partial charge >= 0.3 is 6.18 Å². The first-order valence-corrected chi connectivity index (χ1v) is 8.85. The monoisotopic (exact) mass is 358 g/mol. The molecular weight excluding hydrogens is 329 g/mol. The summed E-state index contributed by atoms with van der Waals surface area (Å²) in [5.74, 6) is 1.19. The largest absolute Gasteiger partial charge is 0.497 e. The Bertz CT molecular complexity index is 538. The molecule has 1 aromatic carbocycles. The van der Waals surface area contributed by atoms with Crippen LogP contribution in [0.25, 0.3) is 0 Å². The quantitative estimate of drug-likeness (QED) is 0.801. The van der Waals surface area contributed by atoms with E-state index in [0.717, 1.165) is 38.1 Å². The van der Waals surface area contributed by atoms with Crippen LogP contribution in [0.15, 0.2) is 24.3 Å². The Balaban J connectivity index is 1.82. The minimum Gasteiger partial charge on any atom is -0.497 e. The van der Waals surface area contributed by atoms with Crippen LogP contribution in [-0.2, 0) is 6.42 Å². The summed E-state index contributed by atoms with van der Waals surface area (Å²) < 4.78 is 41.9. The lowest BCUT2D eigenvalue weighted by atomic mass is 9.88. The molecule has 0 spiro atoms. The first kappa shape index (κ1) is 20.0. The van der Waals surface area contributed by atoms with Gasteiger partial charge in [-0.25, -0.2) is 0 Å². The number of likely N-dealkylation sites (tertiary alicyclic amines) is 1. The molecule has 2 rings (SSSR count). The lowest BCUT2D eigenvalue weighted by Gasteiger charge is -2.43. The molecule has 0 unspecified atom stereocenters. The van der Waals surface area contributed by atoms with Crippen molar-refractivity contribution in [1.29, 1.82) is 0 Å². The number of rotatable bonds is 7. The highest BCUT2D eigenvalue weighted by Gasteiger charge is 2.31. The second-order valence-electron chi connectivity index (χ2n) is 7.52. The van der Waals surface area contributed by atoms with E-state index in [4.69, 9.17) is 4.74 Å². The van der Waals surface area contributed by atoms with Crippen LogP contribution in [0.2, 0.25) is 0 Å². The number of ether oxygens (including phenoxy) is 1. The SMILES string of the molecule is COc1cccc(CC(C)(C)N2CCC(CNCC(F)(F)F)CC2)c1. The summed E-state index contributed by atoms with van der Waals surface area (Å²) in [5.41, 5.74) is 1.25. The molecule has 1 aliphatic heterocycles. The minimum atomic E-state index is -4.13. The zero-order valence-electron chi connectivity index (χ0n) is 15.3. The molecule has 142 valence electrons. The van der Waals surface area contributed by atoms with Gasteiger partial charge in [0.15, 0.2) is 0 Å². The van der Waals surface area contributed by atoms with Crippen LogP contribution in [0.1, 0.15) is 32.3 Å². The second kappa shape index (κ2) is 8.41. The van der Waals surface area contributed by atoms with Crippen molar-refractivity contribution >= 4 is 0 Å². The van der Waals surface area contributed by atoms with Crippen molar-refractivity contribution in [3.63, 3.8) is 0 Å². The summed E-state index contributed by atoms with van der Waals surface area (Å²) in [7, 11) is 1.67. The van der Waals surface area contributed by atoms with Gasteiger partial charge in [0.2, 0.25) is 0 Å². The van der Waals surface area contributed by atoms with Crippen LogP contribution >= 0.6 is 0 Å². The average Bonchev–Trinajstić information content (AvgIpc) is 2.54. The number of nitrogens with one attached hydrogen (secondary N) is 1. The van der Waals surface area contributed by atoms with E-state index in [1.165, 1.54) is 5.56 Å². The Hall–Kier alpha value is -1.27. The molecule has 1 saturated heterocycles. The van der Waals surface area contributed by atoms with Gasteiger partial charge in [0, 0.05) is 5.54 Å². The van der Waals surface area contributed by atoms with Crippen molar-refractivity contribution in [2.45, 2.75) is 44.8 Å². The third-order valence-electron chi connectivity index (χ3n) is 5.00. The molecule has 25 heavy (non-hydrogen) atoms. The number of hydrogen-bond acceptors (Lipinski definition) is 3. The molecule has 1 fully saturated rings. The van der Waals surface area contributed by atoms with Gasteiger partial charge in [-0.15, -0.1) is 0 Å². The number of halogens is 3. The van der Waals surface area contributed by atoms with Gasteiger partial charge in [-0.2, -0.15) is 13.2 Å². The molecule has 0 aliphatic carbocycles. The predicted octanol–water partition coefficient (Wildman–Crippen LogP) is 3.88. The lowest BCUT2D eigenvalue weighted by molar-refractivity contribution is -0.125. The molecule has 0 saturated carbocycles. The van der Waals surface area contributed by atoms with Crippen molar-refractivity contribution in [2.75, 3.05) is 33.3 Å². The first-order chi connectivity index (χ1) is 11.7. The third kappa shape index (κ3) is 6.51. The molecule has 0 radical (unpaired) electrons. The van der Waals surface area contributed by atoms with E-state index in [-0.39, 0.29) is 5.54 Å². The number of hydrogen-bond donors (Lipinski definition) is 1. The summed E-state index contributed by atoms with van der Waals surface area (Å²) in [4.78, 5) is 2.45. The standard InChI is InChI=1S/C19H29F3N2O/c1-18(2,12-16-5-4-6-17(11-16)25-3)24-9-7-15(8-10-24)13-23-14-19(20,21)22/h4-6,11,15,23H,7-10,12-14H2,1-3H3. The third-order valence-corrected chi connectivity index (χ3v) is 5.00. The van der Waals surface area contributed by atoms with Gasteiger partial charge in [-0.05, 0) is 76.4 Å². The fourth-order valence-corrected chi connectivity index (χ4v) is 3.55. The summed E-state index contributed by atoms with van der Waals surface area (Å²) in [6.45, 7) is 5.87. The van der Waals surface area contributed by atoms with Crippen molar-refractivity contribution in [1.82, 2.24) is 10.2 Å². The molecule has 3 nitrogen and oxygen atoms in total. The molecule has 6 heteroatoms. The number of piperidine rings is 1. The summed E-state index contributed by atoms with van der Waals surface area (Å²) in [6.07, 6.45) is -1.33. The van der Waals surface area contributed by atoms with Gasteiger partial charge < -0.3 is 10.1 Å². The van der Waals surface area contributed by atoms with Crippen LogP contribution in [0.5, 0.6) is 5.75 Å². The maximum absolute atomic E-state index is 12.2. The number of methoxy groups -OCH3 is 1. The smallest absolute Gasteiger partial charge is 0.401 e. The van der Waals surface area contributed by atoms with E-state index in [2.05, 4.69) is 36.2 Å². The van der Waals surface area contributed by atoms with Gasteiger partial charge in [-0.3, -0.25) is 4.90 Å². The molecule has 1 aromatic rings. The zero-order chi connectivity index (χ0) is 18.5. The number of alkyl halides is 3. The molecule has 1 aliphatic rings. The summed E-state index contributed by atoms with van der Waals surface area (Å²) >= 11 is 0. The van der Waals surface area contributed by atoms with E-state index in [1.807, 2.05) is 12.1 Å². The van der Waals surface area contributed by atoms with Gasteiger partial charge in [-0.1, -0.05) is 12.1 Å². The molecule has 0 bridgehead atoms. The fraction of sp³-hybridized carbons (Fsp3) is 0.684. The highest BCUT2D eigenvalue weighted by molar-refractivity contribution is 5.29. The normalized spacial score (nSPS) is 17.7. The molecule has 0 amide bonds. The van der Waals surface area contributed by atoms with E-state index < -0.39 is 12.7 Å². The Kier molecular flexibility index (Phi) is 6.74. The second-order valence-corrected chi connectivity index (χ2v) is 7.52. The van der Waals surface area contributed by atoms with E-state index >= 15 is 0 Å². The Labute approximate surface area is 148 Å². The van der Waals surface area contributed by atoms with Crippen LogP contribution in [0.4, 0.5) is 13.2 Å². The van der Waals surface area contributed by atoms with Crippen LogP contribution < -0.4 is 10.1 Å². The molecule has 0 atom stereocenters. The highest BCUT2D eigenvalue weighted by Crippen LogP contribution is 2.28. The maximum Gasteiger partial charge on any atom is 0.401 e. The van der Waals surface area contributed by atoms with Gasteiger partial charge in [0.05, 0.1) is 13.7 Å². The number of nitrogens with zero attached hydrogens (tertiary/aromatic N) is 1. The molecule has 1 N–H and O–H groups in total. The van der Waals surface area contributed by atoms with Gasteiger partial charge in [0.1, 0.15) is 5.75 Å². The Morgan fingerprint density at radius 3 is 2.48 bits per heavy atom. The lowest BCUT2D eigenvalue weighted by Crippen LogP contribution is -2.50. The maximum atomic E-state index is 12.2. The van der Waals surface area contributed by atoms with Crippen molar-refractivity contribution in [3.8, 4) is 5.75 Å². The highest BCUT2D eigenvalue weighted by atomic mass is 19.4. The van der Waals surface area contributed by atoms with E-state index in [1.54, 1.807) is 7.11 Å². The van der Waals surface area contributed by atoms with Crippen LogP contribution in [-0.4, -0.2) is 49.9 Å². The van der Waals surface area contributed by atoms with E-state index in [0.29, 0.717) is 12.5 Å². The molecular formula is C19H29F3N2O. The first-order valence-electron chi connectivity index (χ1n) is 8.85. The molecule has 0 aromatic heterocycles. The average molecular weight is 358 g/mol. The minimum absolute atomic E-state index is 0.0106. The predicted molar refractivity (Wildman–Crippen MR) is 94.0 cm³/mol. The summed E-state index contributed by atoms with van der Waals surface area (Å²) in [5, 5.41) is 2.54. The van der Waals surface area contributed by atoms with Crippen molar-refractivity contribution in [3.05, 3.63) is 29.8 Å². The summed E-state index contributed by atoms with van der Waals surface area (Å²) in [6, 6.07) is 8.12. The van der Waals surface area contributed by atoms with Crippen molar-refractivity contribution < 1.29 is 17.9 Å². The Morgan fingerprint density at radius 1 is 1.20 bits per heavy atom. The zero-order valence-corrected chi connectivity index (χ0v) is 15.3. The van der Waals surface area contributed by atoms with Crippen molar-refractivity contribution in [2.24, 2.45) is 5.92 Å².